The molecule has 3 aromatic rings. The van der Waals surface area contributed by atoms with E-state index in [1.165, 1.54) is 6.07 Å². The highest BCUT2D eigenvalue weighted by Crippen LogP contribution is 2.27. The van der Waals surface area contributed by atoms with E-state index in [0.29, 0.717) is 17.8 Å². The smallest absolute Gasteiger partial charge is 0.373 e. The molecule has 0 aliphatic carbocycles. The lowest BCUT2D eigenvalue weighted by Crippen LogP contribution is -2.29. The zero-order valence-electron chi connectivity index (χ0n) is 18.4. The predicted octanol–water partition coefficient (Wildman–Crippen LogP) is 4.49. The molecule has 0 unspecified atom stereocenters. The summed E-state index contributed by atoms with van der Waals surface area (Å²) in [4.78, 5) is 43.1. The van der Waals surface area contributed by atoms with Gasteiger partial charge in [-0.3, -0.25) is 4.79 Å². The van der Waals surface area contributed by atoms with Crippen molar-refractivity contribution in [2.45, 2.75) is 26.7 Å². The van der Waals surface area contributed by atoms with Crippen LogP contribution in [0.3, 0.4) is 0 Å². The van der Waals surface area contributed by atoms with Crippen molar-refractivity contribution in [1.82, 2.24) is 9.47 Å². The van der Waals surface area contributed by atoms with Crippen LogP contribution in [0.4, 0.5) is 0 Å². The number of hydrogen-bond acceptors (Lipinski definition) is 4. The third kappa shape index (κ3) is 5.17. The van der Waals surface area contributed by atoms with Crippen LogP contribution in [-0.4, -0.2) is 39.1 Å². The summed E-state index contributed by atoms with van der Waals surface area (Å²) in [6, 6.07) is 18.8. The highest BCUT2D eigenvalue weighted by molar-refractivity contribution is 5.99. The third-order valence-corrected chi connectivity index (χ3v) is 5.55. The van der Waals surface area contributed by atoms with E-state index in [0.717, 1.165) is 35.4 Å². The summed E-state index contributed by atoms with van der Waals surface area (Å²) in [5.41, 5.74) is 5.26. The van der Waals surface area contributed by atoms with Crippen LogP contribution in [0.5, 0.6) is 0 Å². The van der Waals surface area contributed by atoms with Crippen LogP contribution < -0.4 is 0 Å². The van der Waals surface area contributed by atoms with Crippen LogP contribution in [0.25, 0.3) is 11.3 Å². The van der Waals surface area contributed by atoms with Crippen molar-refractivity contribution in [3.63, 3.8) is 0 Å². The molecule has 0 fully saturated rings. The van der Waals surface area contributed by atoms with Gasteiger partial charge in [0.25, 0.3) is 5.91 Å². The van der Waals surface area contributed by atoms with Crippen molar-refractivity contribution in [3.8, 4) is 5.69 Å². The molecule has 0 atom stereocenters. The first kappa shape index (κ1) is 23.4. The van der Waals surface area contributed by atoms with Crippen molar-refractivity contribution >= 4 is 23.6 Å². The van der Waals surface area contributed by atoms with E-state index < -0.39 is 5.97 Å². The number of carbonyl (C=O) groups is 2. The first-order valence-corrected chi connectivity index (χ1v) is 10.5. The van der Waals surface area contributed by atoms with E-state index in [1.54, 1.807) is 17.0 Å². The molecule has 1 amide bonds. The minimum Gasteiger partial charge on any atom is -0.478 e. The fourth-order valence-corrected chi connectivity index (χ4v) is 4.03. The lowest BCUT2D eigenvalue weighted by atomic mass is 9.98. The number of aromatic nitrogens is 1. The largest absolute Gasteiger partial charge is 0.478 e. The van der Waals surface area contributed by atoms with E-state index in [9.17, 15) is 14.7 Å². The van der Waals surface area contributed by atoms with Gasteiger partial charge < -0.3 is 14.6 Å². The summed E-state index contributed by atoms with van der Waals surface area (Å²) in [5.74, 6) is -1.13. The average molecular weight is 444 g/mol. The summed E-state index contributed by atoms with van der Waals surface area (Å²) in [7, 11) is 0. The third-order valence-electron chi connectivity index (χ3n) is 5.55. The molecule has 2 aromatic carbocycles. The van der Waals surface area contributed by atoms with Gasteiger partial charge in [-0.25, -0.2) is 4.79 Å². The number of carbonyl (C=O) groups excluding carboxylic acids is 3. The average Bonchev–Trinajstić information content (AvgIpc) is 3.17. The molecular weight excluding hydrogens is 420 g/mol. The quantitative estimate of drug-likeness (QED) is 0.640. The van der Waals surface area contributed by atoms with Gasteiger partial charge in [-0.2, -0.15) is 9.59 Å². The maximum atomic E-state index is 13.3. The molecular formula is C26H24N2O5. The van der Waals surface area contributed by atoms with Gasteiger partial charge in [0.15, 0.2) is 0 Å². The minimum atomic E-state index is -1.01. The molecule has 0 saturated heterocycles. The summed E-state index contributed by atoms with van der Waals surface area (Å²) >= 11 is 0. The number of allylic oxidation sites excluding steroid dienone is 1. The van der Waals surface area contributed by atoms with Crippen molar-refractivity contribution in [3.05, 3.63) is 94.9 Å². The number of amides is 1. The van der Waals surface area contributed by atoms with Crippen LogP contribution in [-0.2, 0) is 9.59 Å². The number of aromatic carboxylic acids is 1. The normalized spacial score (nSPS) is 12.8. The van der Waals surface area contributed by atoms with Crippen molar-refractivity contribution in [2.24, 2.45) is 0 Å². The molecule has 0 saturated carbocycles. The zero-order valence-corrected chi connectivity index (χ0v) is 18.4. The Hall–Kier alpha value is -4.22. The monoisotopic (exact) mass is 444 g/mol. The lowest BCUT2D eigenvalue weighted by molar-refractivity contribution is -0.191. The Morgan fingerprint density at radius 3 is 2.18 bits per heavy atom. The molecule has 2 heterocycles. The number of carboxylic acids is 1. The van der Waals surface area contributed by atoms with E-state index in [4.69, 9.17) is 9.59 Å². The summed E-state index contributed by atoms with van der Waals surface area (Å²) in [6.07, 6.45) is 4.00. The molecule has 7 nitrogen and oxygen atoms in total. The molecule has 1 aromatic heterocycles. The Morgan fingerprint density at radius 1 is 0.939 bits per heavy atom. The number of rotatable bonds is 4. The molecule has 168 valence electrons. The second-order valence-corrected chi connectivity index (χ2v) is 7.69. The highest BCUT2D eigenvalue weighted by atomic mass is 16.4. The molecule has 0 bridgehead atoms. The van der Waals surface area contributed by atoms with Gasteiger partial charge in [-0.05, 0) is 68.2 Å². The maximum absolute atomic E-state index is 13.3. The van der Waals surface area contributed by atoms with Crippen LogP contribution >= 0.6 is 0 Å². The molecule has 7 heteroatoms. The van der Waals surface area contributed by atoms with Crippen LogP contribution in [0.2, 0.25) is 0 Å². The summed E-state index contributed by atoms with van der Waals surface area (Å²) < 4.78 is 1.88. The van der Waals surface area contributed by atoms with E-state index in [-0.39, 0.29) is 17.6 Å². The molecule has 0 radical (unpaired) electrons. The Balaban J connectivity index is 0.000000968. The second-order valence-electron chi connectivity index (χ2n) is 7.69. The van der Waals surface area contributed by atoms with Crippen molar-refractivity contribution < 1.29 is 24.3 Å². The van der Waals surface area contributed by atoms with Gasteiger partial charge in [0.05, 0.1) is 11.3 Å². The topological polar surface area (TPSA) is 96.7 Å². The highest BCUT2D eigenvalue weighted by Gasteiger charge is 2.22. The first-order valence-electron chi connectivity index (χ1n) is 10.5. The van der Waals surface area contributed by atoms with Gasteiger partial charge in [-0.1, -0.05) is 30.3 Å². The molecule has 1 aliphatic heterocycles. The lowest BCUT2D eigenvalue weighted by Gasteiger charge is -2.26. The fourth-order valence-electron chi connectivity index (χ4n) is 4.03. The van der Waals surface area contributed by atoms with Crippen LogP contribution in [0.1, 0.15) is 50.5 Å². The van der Waals surface area contributed by atoms with E-state index >= 15 is 0 Å². The summed E-state index contributed by atoms with van der Waals surface area (Å²) in [5, 5.41) is 9.67. The Kier molecular flexibility index (Phi) is 7.38. The van der Waals surface area contributed by atoms with Gasteiger partial charge >= 0.3 is 12.1 Å². The maximum Gasteiger partial charge on any atom is 0.373 e. The SMILES string of the molecule is Cc1ccc(C)n1-c1cc(C(=O)N2C=C(c3ccccc3)CCC2)ccc1C(=O)O.O=C=O. The van der Waals surface area contributed by atoms with Gasteiger partial charge in [0, 0.05) is 29.7 Å². The van der Waals surface area contributed by atoms with Crippen LogP contribution in [0, 0.1) is 13.8 Å². The minimum absolute atomic E-state index is 0.121. The number of benzene rings is 2. The van der Waals surface area contributed by atoms with Gasteiger partial charge in [0.1, 0.15) is 0 Å². The standard InChI is InChI=1S/C25H24N2O3.CO2/c1-17-10-11-18(2)27(17)23-15-20(12-13-22(23)25(29)30)24(28)26-14-6-9-21(16-26)19-7-4-3-5-8-19;2-1-3/h3-5,7-8,10-13,15-16H,6,9,14H2,1-2H3,(H,29,30);. The molecule has 33 heavy (non-hydrogen) atoms. The number of hydrogen-bond donors (Lipinski definition) is 1. The van der Waals surface area contributed by atoms with Crippen LogP contribution in [0.15, 0.2) is 66.9 Å². The Morgan fingerprint density at radius 2 is 1.58 bits per heavy atom. The van der Waals surface area contributed by atoms with E-state index in [1.807, 2.05) is 54.9 Å². The fraction of sp³-hybridized carbons (Fsp3) is 0.192. The van der Waals surface area contributed by atoms with Gasteiger partial charge in [-0.15, -0.1) is 0 Å². The predicted molar refractivity (Wildman–Crippen MR) is 122 cm³/mol. The molecule has 1 N–H and O–H groups in total. The Labute approximate surface area is 191 Å². The summed E-state index contributed by atoms with van der Waals surface area (Å²) in [6.45, 7) is 4.49. The van der Waals surface area contributed by atoms with Crippen molar-refractivity contribution in [1.29, 1.82) is 0 Å². The zero-order chi connectivity index (χ0) is 24.0. The van der Waals surface area contributed by atoms with E-state index in [2.05, 4.69) is 12.1 Å². The molecule has 1 aliphatic rings. The number of nitrogens with zero attached hydrogens (tertiary/aromatic N) is 2. The Bertz CT molecular complexity index is 1220. The number of carboxylic acid groups (broad SMARTS) is 1. The first-order chi connectivity index (χ1) is 15.9. The molecule has 4 rings (SSSR count). The second kappa shape index (κ2) is 10.4. The molecule has 0 spiro atoms. The van der Waals surface area contributed by atoms with Crippen molar-refractivity contribution in [2.75, 3.05) is 6.54 Å². The van der Waals surface area contributed by atoms with Gasteiger partial charge in [0.2, 0.25) is 0 Å². The number of aryl methyl sites for hydroxylation is 2.